The Labute approximate surface area is 140 Å². The van der Waals surface area contributed by atoms with Crippen molar-refractivity contribution < 1.29 is 0 Å². The number of piperidine rings is 1. The van der Waals surface area contributed by atoms with Gasteiger partial charge in [0.2, 0.25) is 0 Å². The monoisotopic (exact) mass is 311 g/mol. The molecule has 3 heteroatoms. The zero-order valence-corrected chi connectivity index (χ0v) is 14.1. The smallest absolute Gasteiger partial charge is 0.0557 e. The Balaban J connectivity index is 1.34. The fourth-order valence-electron chi connectivity index (χ4n) is 5.25. The molecular weight excluding hydrogens is 282 g/mol. The molecule has 2 aliphatic carbocycles. The van der Waals surface area contributed by atoms with Crippen LogP contribution < -0.4 is 10.3 Å². The highest BCUT2D eigenvalue weighted by atomic mass is 15.7. The van der Waals surface area contributed by atoms with Crippen molar-refractivity contribution in [3.63, 3.8) is 0 Å². The van der Waals surface area contributed by atoms with Gasteiger partial charge >= 0.3 is 0 Å². The topological polar surface area (TPSA) is 18.5 Å². The van der Waals surface area contributed by atoms with Crippen LogP contribution in [0, 0.1) is 5.41 Å². The molecule has 3 nitrogen and oxygen atoms in total. The maximum absolute atomic E-state index is 3.53. The summed E-state index contributed by atoms with van der Waals surface area (Å²) in [4.78, 5) is 0. The first-order valence-electron chi connectivity index (χ1n) is 9.68. The van der Waals surface area contributed by atoms with Gasteiger partial charge in [-0.05, 0) is 81.0 Å². The molecule has 0 bridgehead atoms. The number of nitrogens with zero attached hydrogens (tertiary/aromatic N) is 2. The minimum absolute atomic E-state index is 0.681. The predicted molar refractivity (Wildman–Crippen MR) is 94.6 cm³/mol. The van der Waals surface area contributed by atoms with Crippen LogP contribution >= 0.6 is 0 Å². The number of hydrogen-bond acceptors (Lipinski definition) is 3. The van der Waals surface area contributed by atoms with Crippen molar-refractivity contribution in [2.45, 2.75) is 56.9 Å². The molecular formula is C20H29N3. The first kappa shape index (κ1) is 14.3. The number of hydrogen-bond donors (Lipinski definition) is 1. The van der Waals surface area contributed by atoms with Crippen LogP contribution in [0.2, 0.25) is 0 Å². The van der Waals surface area contributed by atoms with Crippen molar-refractivity contribution in [2.24, 2.45) is 5.41 Å². The Kier molecular flexibility index (Phi) is 3.41. The summed E-state index contributed by atoms with van der Waals surface area (Å²) < 4.78 is 0. The van der Waals surface area contributed by atoms with Gasteiger partial charge in [0.25, 0.3) is 0 Å². The molecule has 0 amide bonds. The number of nitrogens with one attached hydrogen (secondary N) is 1. The summed E-state index contributed by atoms with van der Waals surface area (Å²) in [6.45, 7) is 4.95. The Morgan fingerprint density at radius 1 is 1.00 bits per heavy atom. The minimum atomic E-state index is 0.681. The molecule has 124 valence electrons. The minimum Gasteiger partial charge on any atom is -0.317 e. The number of anilines is 1. The zero-order valence-electron chi connectivity index (χ0n) is 14.1. The Hall–Kier alpha value is -1.06. The van der Waals surface area contributed by atoms with Crippen molar-refractivity contribution in [1.29, 1.82) is 0 Å². The van der Waals surface area contributed by atoms with Gasteiger partial charge in [0.05, 0.1) is 5.69 Å². The molecule has 23 heavy (non-hydrogen) atoms. The van der Waals surface area contributed by atoms with E-state index in [-0.39, 0.29) is 0 Å². The average molecular weight is 311 g/mol. The van der Waals surface area contributed by atoms with Crippen LogP contribution in [0.5, 0.6) is 0 Å². The molecule has 0 aromatic heterocycles. The normalized spacial score (nSPS) is 28.3. The van der Waals surface area contributed by atoms with E-state index in [1.54, 1.807) is 5.56 Å². The third-order valence-electron chi connectivity index (χ3n) is 6.72. The molecule has 2 saturated carbocycles. The zero-order chi connectivity index (χ0) is 15.3. The number of benzene rings is 1. The van der Waals surface area contributed by atoms with Gasteiger partial charge in [-0.25, -0.2) is 5.01 Å². The Bertz CT molecular complexity index is 566. The van der Waals surface area contributed by atoms with E-state index in [9.17, 15) is 0 Å². The first-order chi connectivity index (χ1) is 11.3. The molecule has 0 atom stereocenters. The van der Waals surface area contributed by atoms with E-state index in [2.05, 4.69) is 39.6 Å². The third kappa shape index (κ3) is 2.49. The quantitative estimate of drug-likeness (QED) is 0.921. The maximum atomic E-state index is 3.53. The standard InChI is InChI=1S/C20H29N3/c1-2-5-19(18(4-1)16-6-7-16)23-13-3-12-22(23)17-14-20(15-17)8-10-21-11-9-20/h1-2,4-5,16-17,21H,3,6-15H2. The van der Waals surface area contributed by atoms with Crippen LogP contribution in [0.3, 0.4) is 0 Å². The van der Waals surface area contributed by atoms with E-state index in [0.29, 0.717) is 5.41 Å². The van der Waals surface area contributed by atoms with Gasteiger partial charge in [0.15, 0.2) is 0 Å². The highest BCUT2D eigenvalue weighted by Crippen LogP contribution is 2.52. The van der Waals surface area contributed by atoms with Gasteiger partial charge in [0.1, 0.15) is 0 Å². The second kappa shape index (κ2) is 5.49. The number of para-hydroxylation sites is 1. The van der Waals surface area contributed by atoms with Gasteiger partial charge < -0.3 is 10.3 Å². The largest absolute Gasteiger partial charge is 0.317 e. The maximum Gasteiger partial charge on any atom is 0.0557 e. The first-order valence-corrected chi connectivity index (χ1v) is 9.68. The summed E-state index contributed by atoms with van der Waals surface area (Å²) in [5.74, 6) is 0.839. The van der Waals surface area contributed by atoms with E-state index in [1.165, 1.54) is 76.8 Å². The summed E-state index contributed by atoms with van der Waals surface area (Å²) in [6, 6.07) is 9.99. The molecule has 4 aliphatic rings. The molecule has 2 heterocycles. The van der Waals surface area contributed by atoms with Crippen molar-refractivity contribution in [2.75, 3.05) is 31.2 Å². The lowest BCUT2D eigenvalue weighted by atomic mass is 9.60. The van der Waals surface area contributed by atoms with Gasteiger partial charge in [-0.1, -0.05) is 18.2 Å². The Morgan fingerprint density at radius 3 is 2.57 bits per heavy atom. The van der Waals surface area contributed by atoms with Crippen LogP contribution in [-0.4, -0.2) is 37.2 Å². The number of rotatable bonds is 3. The lowest BCUT2D eigenvalue weighted by Gasteiger charge is -2.54. The fraction of sp³-hybridized carbons (Fsp3) is 0.700. The van der Waals surface area contributed by atoms with E-state index >= 15 is 0 Å². The predicted octanol–water partition coefficient (Wildman–Crippen LogP) is 3.52. The van der Waals surface area contributed by atoms with Crippen molar-refractivity contribution >= 4 is 5.69 Å². The molecule has 4 fully saturated rings. The van der Waals surface area contributed by atoms with Gasteiger partial charge in [-0.2, -0.15) is 0 Å². The van der Waals surface area contributed by atoms with E-state index in [1.807, 2.05) is 0 Å². The van der Waals surface area contributed by atoms with Gasteiger partial charge in [-0.3, -0.25) is 0 Å². The third-order valence-corrected chi connectivity index (χ3v) is 6.72. The number of hydrazine groups is 1. The average Bonchev–Trinajstić information content (AvgIpc) is 3.31. The summed E-state index contributed by atoms with van der Waals surface area (Å²) in [6.07, 6.45) is 9.76. The van der Waals surface area contributed by atoms with Crippen LogP contribution in [-0.2, 0) is 0 Å². The molecule has 1 N–H and O–H groups in total. The SMILES string of the molecule is c1ccc(N2CCCN2C2CC3(CCNCC3)C2)c(C2CC2)c1. The van der Waals surface area contributed by atoms with Crippen molar-refractivity contribution in [1.82, 2.24) is 10.3 Å². The summed E-state index contributed by atoms with van der Waals surface area (Å²) in [7, 11) is 0. The lowest BCUT2D eigenvalue weighted by Crippen LogP contribution is -2.57. The highest BCUT2D eigenvalue weighted by molar-refractivity contribution is 5.56. The lowest BCUT2D eigenvalue weighted by molar-refractivity contribution is -0.0156. The molecule has 2 saturated heterocycles. The summed E-state index contributed by atoms with van der Waals surface area (Å²) >= 11 is 0. The highest BCUT2D eigenvalue weighted by Gasteiger charge is 2.48. The van der Waals surface area contributed by atoms with Crippen LogP contribution in [0.15, 0.2) is 24.3 Å². The molecule has 5 rings (SSSR count). The summed E-state index contributed by atoms with van der Waals surface area (Å²) in [5.41, 5.74) is 3.80. The van der Waals surface area contributed by atoms with Crippen LogP contribution in [0.25, 0.3) is 0 Å². The van der Waals surface area contributed by atoms with Crippen LogP contribution in [0.1, 0.15) is 56.4 Å². The fourth-order valence-corrected chi connectivity index (χ4v) is 5.25. The second-order valence-corrected chi connectivity index (χ2v) is 8.28. The molecule has 2 aliphatic heterocycles. The van der Waals surface area contributed by atoms with Gasteiger partial charge in [-0.15, -0.1) is 0 Å². The second-order valence-electron chi connectivity index (χ2n) is 8.28. The van der Waals surface area contributed by atoms with E-state index < -0.39 is 0 Å². The van der Waals surface area contributed by atoms with Crippen molar-refractivity contribution in [3.05, 3.63) is 29.8 Å². The molecule has 1 aromatic rings. The molecule has 1 aromatic carbocycles. The van der Waals surface area contributed by atoms with Gasteiger partial charge in [0, 0.05) is 19.1 Å². The van der Waals surface area contributed by atoms with Crippen LogP contribution in [0.4, 0.5) is 5.69 Å². The molecule has 1 spiro atoms. The van der Waals surface area contributed by atoms with E-state index in [0.717, 1.165) is 12.0 Å². The Morgan fingerprint density at radius 2 is 1.78 bits per heavy atom. The molecule has 0 radical (unpaired) electrons. The molecule has 0 unspecified atom stereocenters. The summed E-state index contributed by atoms with van der Waals surface area (Å²) in [5, 5.41) is 8.91. The van der Waals surface area contributed by atoms with Crippen molar-refractivity contribution in [3.8, 4) is 0 Å². The van der Waals surface area contributed by atoms with E-state index in [4.69, 9.17) is 0 Å².